The molecular formula is C14H28N2. The molecule has 94 valence electrons. The monoisotopic (exact) mass is 224 g/mol. The van der Waals surface area contributed by atoms with E-state index in [1.807, 2.05) is 0 Å². The third kappa shape index (κ3) is 2.78. The first-order valence-electron chi connectivity index (χ1n) is 7.11. The van der Waals surface area contributed by atoms with E-state index in [0.717, 1.165) is 18.5 Å². The first-order valence-corrected chi connectivity index (χ1v) is 7.11. The van der Waals surface area contributed by atoms with Crippen LogP contribution in [0.15, 0.2) is 0 Å². The summed E-state index contributed by atoms with van der Waals surface area (Å²) >= 11 is 0. The molecule has 1 aliphatic carbocycles. The van der Waals surface area contributed by atoms with Crippen molar-refractivity contribution in [3.8, 4) is 0 Å². The van der Waals surface area contributed by atoms with Crippen molar-refractivity contribution >= 4 is 0 Å². The van der Waals surface area contributed by atoms with Gasteiger partial charge in [-0.3, -0.25) is 4.90 Å². The molecule has 1 heterocycles. The number of fused-ring (bicyclic) bond motifs is 1. The number of hydrogen-bond donors (Lipinski definition) is 1. The zero-order valence-corrected chi connectivity index (χ0v) is 11.3. The third-order valence-corrected chi connectivity index (χ3v) is 4.38. The highest BCUT2D eigenvalue weighted by Gasteiger charge is 2.37. The van der Waals surface area contributed by atoms with Gasteiger partial charge in [-0.25, -0.2) is 0 Å². The Morgan fingerprint density at radius 2 is 1.94 bits per heavy atom. The van der Waals surface area contributed by atoms with Gasteiger partial charge in [-0.15, -0.1) is 0 Å². The largest absolute Gasteiger partial charge is 0.311 e. The zero-order chi connectivity index (χ0) is 11.6. The first-order chi connectivity index (χ1) is 7.62. The lowest BCUT2D eigenvalue weighted by Gasteiger charge is -2.37. The molecule has 0 amide bonds. The lowest BCUT2D eigenvalue weighted by atomic mass is 9.85. The van der Waals surface area contributed by atoms with E-state index >= 15 is 0 Å². The maximum Gasteiger partial charge on any atom is 0.0252 e. The second kappa shape index (κ2) is 5.05. The Hall–Kier alpha value is -0.0800. The van der Waals surface area contributed by atoms with Crippen molar-refractivity contribution in [2.75, 3.05) is 19.6 Å². The molecule has 2 heteroatoms. The van der Waals surface area contributed by atoms with Crippen molar-refractivity contribution in [2.24, 2.45) is 5.92 Å². The van der Waals surface area contributed by atoms with Crippen LogP contribution in [0.5, 0.6) is 0 Å². The van der Waals surface area contributed by atoms with Gasteiger partial charge in [-0.2, -0.15) is 0 Å². The topological polar surface area (TPSA) is 15.3 Å². The molecule has 2 unspecified atom stereocenters. The summed E-state index contributed by atoms with van der Waals surface area (Å²) in [5.41, 5.74) is 0.279. The van der Waals surface area contributed by atoms with Gasteiger partial charge < -0.3 is 5.32 Å². The lowest BCUT2D eigenvalue weighted by molar-refractivity contribution is 0.145. The molecule has 1 saturated carbocycles. The fraction of sp³-hybridized carbons (Fsp3) is 1.00. The van der Waals surface area contributed by atoms with E-state index in [1.165, 1.54) is 45.2 Å². The summed E-state index contributed by atoms with van der Waals surface area (Å²) in [6, 6.07) is 0.909. The predicted octanol–water partition coefficient (Wildman–Crippen LogP) is 2.64. The Bertz CT molecular complexity index is 225. The van der Waals surface area contributed by atoms with Gasteiger partial charge in [0.1, 0.15) is 0 Å². The van der Waals surface area contributed by atoms with Gasteiger partial charge in [0.25, 0.3) is 0 Å². The molecule has 2 rings (SSSR count). The average Bonchev–Trinajstić information content (AvgIpc) is 2.61. The van der Waals surface area contributed by atoms with Crippen LogP contribution in [0.2, 0.25) is 0 Å². The van der Waals surface area contributed by atoms with Crippen LogP contribution in [-0.2, 0) is 0 Å². The van der Waals surface area contributed by atoms with Crippen LogP contribution in [-0.4, -0.2) is 36.1 Å². The highest BCUT2D eigenvalue weighted by atomic mass is 15.2. The molecule has 1 N–H and O–H groups in total. The summed E-state index contributed by atoms with van der Waals surface area (Å²) in [6.45, 7) is 10.5. The number of nitrogens with one attached hydrogen (secondary N) is 1. The van der Waals surface area contributed by atoms with Crippen molar-refractivity contribution in [2.45, 2.75) is 64.5 Å². The quantitative estimate of drug-likeness (QED) is 0.790. The molecule has 2 aliphatic rings. The minimum Gasteiger partial charge on any atom is -0.311 e. The minimum atomic E-state index is 0.279. The van der Waals surface area contributed by atoms with E-state index in [1.54, 1.807) is 0 Å². The fourth-order valence-electron chi connectivity index (χ4n) is 3.74. The highest BCUT2D eigenvalue weighted by Crippen LogP contribution is 2.36. The second-order valence-electron chi connectivity index (χ2n) is 6.29. The molecule has 2 nitrogen and oxygen atoms in total. The van der Waals surface area contributed by atoms with Gasteiger partial charge in [0.2, 0.25) is 0 Å². The Kier molecular flexibility index (Phi) is 3.91. The normalized spacial score (nSPS) is 31.7. The summed E-state index contributed by atoms with van der Waals surface area (Å²) in [7, 11) is 0. The van der Waals surface area contributed by atoms with Crippen LogP contribution in [0, 0.1) is 5.92 Å². The summed E-state index contributed by atoms with van der Waals surface area (Å²) in [6.07, 6.45) is 7.33. The molecule has 0 aromatic rings. The Labute approximate surface area is 101 Å². The summed E-state index contributed by atoms with van der Waals surface area (Å²) < 4.78 is 0. The molecule has 0 aromatic heterocycles. The first kappa shape index (κ1) is 12.4. The predicted molar refractivity (Wildman–Crippen MR) is 69.7 cm³/mol. The SMILES string of the molecule is CCNC(C)(C)CN1CCC2CCCCC21. The van der Waals surface area contributed by atoms with Crippen molar-refractivity contribution < 1.29 is 0 Å². The molecule has 1 saturated heterocycles. The minimum absolute atomic E-state index is 0.279. The molecule has 16 heavy (non-hydrogen) atoms. The van der Waals surface area contributed by atoms with E-state index in [2.05, 4.69) is 31.0 Å². The number of likely N-dealkylation sites (tertiary alicyclic amines) is 1. The molecular weight excluding hydrogens is 196 g/mol. The van der Waals surface area contributed by atoms with E-state index < -0.39 is 0 Å². The molecule has 0 aromatic carbocycles. The van der Waals surface area contributed by atoms with Crippen LogP contribution < -0.4 is 5.32 Å². The molecule has 0 radical (unpaired) electrons. The van der Waals surface area contributed by atoms with Gasteiger partial charge in [0, 0.05) is 18.1 Å². The fourth-order valence-corrected chi connectivity index (χ4v) is 3.74. The van der Waals surface area contributed by atoms with E-state index in [9.17, 15) is 0 Å². The molecule has 1 aliphatic heterocycles. The van der Waals surface area contributed by atoms with Gasteiger partial charge in [0.05, 0.1) is 0 Å². The van der Waals surface area contributed by atoms with Crippen LogP contribution in [0.1, 0.15) is 52.9 Å². The van der Waals surface area contributed by atoms with Gasteiger partial charge >= 0.3 is 0 Å². The van der Waals surface area contributed by atoms with Crippen molar-refractivity contribution in [3.05, 3.63) is 0 Å². The van der Waals surface area contributed by atoms with Crippen LogP contribution in [0.4, 0.5) is 0 Å². The van der Waals surface area contributed by atoms with E-state index in [0.29, 0.717) is 0 Å². The smallest absolute Gasteiger partial charge is 0.0252 e. The second-order valence-corrected chi connectivity index (χ2v) is 6.29. The Morgan fingerprint density at radius 3 is 2.69 bits per heavy atom. The number of hydrogen-bond acceptors (Lipinski definition) is 2. The van der Waals surface area contributed by atoms with Crippen molar-refractivity contribution in [1.82, 2.24) is 10.2 Å². The Morgan fingerprint density at radius 1 is 1.19 bits per heavy atom. The number of rotatable bonds is 4. The summed E-state index contributed by atoms with van der Waals surface area (Å²) in [4.78, 5) is 2.76. The molecule has 2 atom stereocenters. The van der Waals surface area contributed by atoms with Gasteiger partial charge in [-0.1, -0.05) is 19.8 Å². The average molecular weight is 224 g/mol. The standard InChI is InChI=1S/C14H28N2/c1-4-15-14(2,3)11-16-10-9-12-7-5-6-8-13(12)16/h12-13,15H,4-11H2,1-3H3. The number of nitrogens with zero attached hydrogens (tertiary/aromatic N) is 1. The molecule has 0 bridgehead atoms. The highest BCUT2D eigenvalue weighted by molar-refractivity contribution is 4.93. The van der Waals surface area contributed by atoms with E-state index in [4.69, 9.17) is 0 Å². The third-order valence-electron chi connectivity index (χ3n) is 4.38. The number of likely N-dealkylation sites (N-methyl/N-ethyl adjacent to an activating group) is 1. The lowest BCUT2D eigenvalue weighted by Crippen LogP contribution is -2.51. The zero-order valence-electron chi connectivity index (χ0n) is 11.3. The summed E-state index contributed by atoms with van der Waals surface area (Å²) in [5.74, 6) is 1.02. The van der Waals surface area contributed by atoms with E-state index in [-0.39, 0.29) is 5.54 Å². The Balaban J connectivity index is 1.90. The van der Waals surface area contributed by atoms with Gasteiger partial charge in [-0.05, 0) is 52.1 Å². The molecule has 0 spiro atoms. The summed E-state index contributed by atoms with van der Waals surface area (Å²) in [5, 5.41) is 3.60. The maximum atomic E-state index is 3.60. The van der Waals surface area contributed by atoms with Crippen LogP contribution >= 0.6 is 0 Å². The van der Waals surface area contributed by atoms with Crippen molar-refractivity contribution in [3.63, 3.8) is 0 Å². The maximum absolute atomic E-state index is 3.60. The van der Waals surface area contributed by atoms with Crippen LogP contribution in [0.3, 0.4) is 0 Å². The van der Waals surface area contributed by atoms with Crippen LogP contribution in [0.25, 0.3) is 0 Å². The van der Waals surface area contributed by atoms with Crippen molar-refractivity contribution in [1.29, 1.82) is 0 Å². The molecule has 2 fully saturated rings. The van der Waals surface area contributed by atoms with Gasteiger partial charge in [0.15, 0.2) is 0 Å².